The predicted octanol–water partition coefficient (Wildman–Crippen LogP) is -2.24. The summed E-state index contributed by atoms with van der Waals surface area (Å²) in [7, 11) is -3.71. The van der Waals surface area contributed by atoms with Gasteiger partial charge < -0.3 is 15.9 Å². The van der Waals surface area contributed by atoms with Crippen molar-refractivity contribution < 1.29 is 23.4 Å². The smallest absolute Gasteiger partial charge is 0.321 e. The second-order valence-electron chi connectivity index (χ2n) is 1.98. The van der Waals surface area contributed by atoms with Crippen molar-refractivity contribution in [1.82, 2.24) is 0 Å². The molecule has 0 spiro atoms. The Labute approximate surface area is 63.5 Å². The molecule has 0 aliphatic heterocycles. The van der Waals surface area contributed by atoms with Crippen LogP contribution in [0.5, 0.6) is 0 Å². The predicted molar refractivity (Wildman–Crippen MR) is 36.5 cm³/mol. The van der Waals surface area contributed by atoms with Gasteiger partial charge in [-0.3, -0.25) is 4.79 Å². The lowest BCUT2D eigenvalue weighted by Crippen LogP contribution is -2.37. The monoisotopic (exact) mass is 183 g/mol. The Hall–Kier alpha value is -0.660. The van der Waals surface area contributed by atoms with E-state index in [1.54, 1.807) is 0 Å². The molecule has 0 fully saturated rings. The highest BCUT2D eigenvalue weighted by Gasteiger charge is 2.20. The first-order chi connectivity index (χ1) is 4.89. The first kappa shape index (κ1) is 10.3. The third kappa shape index (κ3) is 3.91. The molecule has 7 heteroatoms. The zero-order valence-corrected chi connectivity index (χ0v) is 6.41. The maximum Gasteiger partial charge on any atom is 0.321 e. The van der Waals surface area contributed by atoms with Crippen LogP contribution in [-0.4, -0.2) is 42.3 Å². The average Bonchev–Trinajstić information content (AvgIpc) is 1.87. The Morgan fingerprint density at radius 2 is 2.00 bits per heavy atom. The number of carbonyl (C=O) groups is 1. The van der Waals surface area contributed by atoms with Gasteiger partial charge in [-0.2, -0.15) is 0 Å². The molecular formula is C4H9NO5S. The summed E-state index contributed by atoms with van der Waals surface area (Å²) in [6.45, 7) is 0. The fraction of sp³-hybridized carbons (Fsp3) is 0.750. The Morgan fingerprint density at radius 1 is 1.55 bits per heavy atom. The molecule has 1 atom stereocenters. The van der Waals surface area contributed by atoms with Crippen molar-refractivity contribution in [3.8, 4) is 0 Å². The molecule has 0 amide bonds. The number of rotatable bonds is 4. The van der Waals surface area contributed by atoms with Gasteiger partial charge in [0, 0.05) is 0 Å². The number of sulfone groups is 1. The standard InChI is InChI=1S/C4H9NO5S/c5-3(4(7)8)1-11(9,10)2-6/h3,6H,1-2,5H2,(H,7,8)/t3-/m0/s1. The van der Waals surface area contributed by atoms with Crippen molar-refractivity contribution in [2.75, 3.05) is 11.7 Å². The Morgan fingerprint density at radius 3 is 2.27 bits per heavy atom. The van der Waals surface area contributed by atoms with Gasteiger partial charge in [-0.05, 0) is 0 Å². The minimum atomic E-state index is -3.71. The van der Waals surface area contributed by atoms with E-state index in [2.05, 4.69) is 0 Å². The van der Waals surface area contributed by atoms with Gasteiger partial charge in [0.2, 0.25) is 0 Å². The van der Waals surface area contributed by atoms with Crippen LogP contribution < -0.4 is 5.73 Å². The molecular weight excluding hydrogens is 174 g/mol. The summed E-state index contributed by atoms with van der Waals surface area (Å²) in [5.41, 5.74) is 4.89. The number of nitrogens with two attached hydrogens (primary N) is 1. The third-order valence-corrected chi connectivity index (χ3v) is 2.21. The van der Waals surface area contributed by atoms with E-state index in [-0.39, 0.29) is 0 Å². The molecule has 0 saturated carbocycles. The zero-order chi connectivity index (χ0) is 9.07. The largest absolute Gasteiger partial charge is 0.480 e. The van der Waals surface area contributed by atoms with E-state index < -0.39 is 33.5 Å². The molecule has 0 radical (unpaired) electrons. The molecule has 6 nitrogen and oxygen atoms in total. The molecule has 0 unspecified atom stereocenters. The van der Waals surface area contributed by atoms with E-state index in [0.717, 1.165) is 0 Å². The molecule has 0 bridgehead atoms. The summed E-state index contributed by atoms with van der Waals surface area (Å²) in [5.74, 6) is -3.21. The second-order valence-corrected chi connectivity index (χ2v) is 4.06. The number of aliphatic carboxylic acids is 1. The van der Waals surface area contributed by atoms with Crippen molar-refractivity contribution in [3.05, 3.63) is 0 Å². The van der Waals surface area contributed by atoms with Gasteiger partial charge >= 0.3 is 5.97 Å². The lowest BCUT2D eigenvalue weighted by Gasteiger charge is -2.04. The van der Waals surface area contributed by atoms with Crippen LogP contribution in [0.25, 0.3) is 0 Å². The summed E-state index contributed by atoms with van der Waals surface area (Å²) in [6, 6.07) is -1.47. The number of carboxylic acids is 1. The van der Waals surface area contributed by atoms with Gasteiger partial charge in [0.05, 0.1) is 5.75 Å². The van der Waals surface area contributed by atoms with Crippen LogP contribution in [0.4, 0.5) is 0 Å². The van der Waals surface area contributed by atoms with Crippen LogP contribution in [0.15, 0.2) is 0 Å². The van der Waals surface area contributed by atoms with E-state index in [1.807, 2.05) is 0 Å². The first-order valence-electron chi connectivity index (χ1n) is 2.68. The molecule has 0 aromatic heterocycles. The SMILES string of the molecule is N[C@@H](CS(=O)(=O)CO)C(=O)O. The van der Waals surface area contributed by atoms with Gasteiger partial charge in [-0.1, -0.05) is 0 Å². The van der Waals surface area contributed by atoms with Crippen LogP contribution in [0.3, 0.4) is 0 Å². The maximum absolute atomic E-state index is 10.5. The Bertz CT molecular complexity index is 233. The lowest BCUT2D eigenvalue weighted by molar-refractivity contribution is -0.137. The molecule has 0 aliphatic rings. The van der Waals surface area contributed by atoms with E-state index in [9.17, 15) is 13.2 Å². The fourth-order valence-corrected chi connectivity index (χ4v) is 1.19. The Balaban J connectivity index is 4.16. The van der Waals surface area contributed by atoms with Crippen LogP contribution in [-0.2, 0) is 14.6 Å². The average molecular weight is 183 g/mol. The minimum Gasteiger partial charge on any atom is -0.480 e. The van der Waals surface area contributed by atoms with Gasteiger partial charge in [0.1, 0.15) is 12.0 Å². The molecule has 0 aromatic carbocycles. The molecule has 0 aliphatic carbocycles. The zero-order valence-electron chi connectivity index (χ0n) is 5.60. The summed E-state index contributed by atoms with van der Waals surface area (Å²) in [6.07, 6.45) is 0. The summed E-state index contributed by atoms with van der Waals surface area (Å²) in [5, 5.41) is 16.4. The molecule has 11 heavy (non-hydrogen) atoms. The summed E-state index contributed by atoms with van der Waals surface area (Å²) < 4.78 is 21.0. The fourth-order valence-electron chi connectivity index (χ4n) is 0.398. The van der Waals surface area contributed by atoms with E-state index in [4.69, 9.17) is 15.9 Å². The van der Waals surface area contributed by atoms with E-state index in [0.29, 0.717) is 0 Å². The van der Waals surface area contributed by atoms with Crippen molar-refractivity contribution in [2.24, 2.45) is 5.73 Å². The van der Waals surface area contributed by atoms with Crippen molar-refractivity contribution in [1.29, 1.82) is 0 Å². The highest BCUT2D eigenvalue weighted by Crippen LogP contribution is 1.90. The highest BCUT2D eigenvalue weighted by molar-refractivity contribution is 7.91. The lowest BCUT2D eigenvalue weighted by atomic mass is 10.4. The quantitative estimate of drug-likeness (QED) is 0.453. The molecule has 0 aromatic rings. The van der Waals surface area contributed by atoms with Crippen LogP contribution in [0.2, 0.25) is 0 Å². The second kappa shape index (κ2) is 3.65. The summed E-state index contributed by atoms with van der Waals surface area (Å²) in [4.78, 5) is 10.0. The van der Waals surface area contributed by atoms with Crippen molar-refractivity contribution >= 4 is 15.8 Å². The van der Waals surface area contributed by atoms with Crippen LogP contribution in [0.1, 0.15) is 0 Å². The van der Waals surface area contributed by atoms with Gasteiger partial charge in [-0.15, -0.1) is 0 Å². The highest BCUT2D eigenvalue weighted by atomic mass is 32.2. The minimum absolute atomic E-state index is 0.737. The topological polar surface area (TPSA) is 118 Å². The van der Waals surface area contributed by atoms with Gasteiger partial charge in [0.25, 0.3) is 0 Å². The summed E-state index contributed by atoms with van der Waals surface area (Å²) >= 11 is 0. The molecule has 66 valence electrons. The normalized spacial score (nSPS) is 14.4. The van der Waals surface area contributed by atoms with Crippen molar-refractivity contribution in [3.63, 3.8) is 0 Å². The molecule has 0 rings (SSSR count). The molecule has 0 heterocycles. The maximum atomic E-state index is 10.5. The molecule has 4 N–H and O–H groups in total. The number of hydrogen-bond donors (Lipinski definition) is 3. The number of hydrogen-bond acceptors (Lipinski definition) is 5. The van der Waals surface area contributed by atoms with E-state index >= 15 is 0 Å². The Kier molecular flexibility index (Phi) is 3.43. The first-order valence-corrected chi connectivity index (χ1v) is 4.51. The van der Waals surface area contributed by atoms with E-state index in [1.165, 1.54) is 0 Å². The number of aliphatic hydroxyl groups is 1. The van der Waals surface area contributed by atoms with Gasteiger partial charge in [0.15, 0.2) is 9.84 Å². The van der Waals surface area contributed by atoms with Crippen molar-refractivity contribution in [2.45, 2.75) is 6.04 Å². The van der Waals surface area contributed by atoms with Crippen LogP contribution in [0, 0.1) is 0 Å². The molecule has 0 saturated heterocycles. The third-order valence-electron chi connectivity index (χ3n) is 0.947. The van der Waals surface area contributed by atoms with Crippen LogP contribution >= 0.6 is 0 Å². The number of carboxylic acid groups (broad SMARTS) is 1. The van der Waals surface area contributed by atoms with Gasteiger partial charge in [-0.25, -0.2) is 8.42 Å². The number of aliphatic hydroxyl groups excluding tert-OH is 1.